The minimum absolute atomic E-state index is 0.284. The van der Waals surface area contributed by atoms with Gasteiger partial charge in [-0.05, 0) is 0 Å². The van der Waals surface area contributed by atoms with Crippen molar-refractivity contribution < 1.29 is 129 Å². The smallest absolute Gasteiger partial charge is 0.364 e. The molecule has 3 amide bonds. The molecule has 0 aromatic rings. The van der Waals surface area contributed by atoms with E-state index >= 15 is 0 Å². The molecule has 64 heavy (non-hydrogen) atoms. The largest absolute Gasteiger partial charge is 0.477 e. The number of aliphatic hydroxyl groups is 13. The van der Waals surface area contributed by atoms with Crippen LogP contribution in [0.1, 0.15) is 20.3 Å². The minimum Gasteiger partial charge on any atom is -0.477 e. The van der Waals surface area contributed by atoms with Gasteiger partial charge in [0.15, 0.2) is 18.9 Å². The fourth-order valence-corrected chi connectivity index (χ4v) is 7.53. The van der Waals surface area contributed by atoms with Crippen LogP contribution in [0.4, 0.5) is 0 Å². The van der Waals surface area contributed by atoms with Crippen molar-refractivity contribution in [2.24, 2.45) is 0 Å². The van der Waals surface area contributed by atoms with Crippen molar-refractivity contribution in [1.29, 1.82) is 0 Å². The summed E-state index contributed by atoms with van der Waals surface area (Å²) in [5, 5.41) is 154. The molecule has 0 aliphatic carbocycles. The molecule has 4 rings (SSSR count). The Balaban J connectivity index is 1.52. The quantitative estimate of drug-likeness (QED) is 0.0475. The summed E-state index contributed by atoms with van der Waals surface area (Å²) >= 11 is 0. The molecule has 4 heterocycles. The molecule has 0 unspecified atom stereocenters. The number of carbonyl (C=O) groups is 4. The van der Waals surface area contributed by atoms with E-state index in [1.54, 1.807) is 0 Å². The number of aliphatic hydroxyl groups excluding tert-OH is 13. The molecule has 29 heteroatoms. The Morgan fingerprint density at radius 1 is 0.719 bits per heavy atom. The molecular weight excluding hydrogens is 878 g/mol. The maximum Gasteiger partial charge on any atom is 0.364 e. The van der Waals surface area contributed by atoms with Crippen LogP contribution in [0.5, 0.6) is 0 Å². The summed E-state index contributed by atoms with van der Waals surface area (Å²) in [6.07, 6.45) is -35.0. The molecule has 0 aromatic carbocycles. The number of rotatable bonds is 21. The zero-order valence-electron chi connectivity index (χ0n) is 34.3. The number of hydrogen-bond donors (Lipinski definition) is 17. The van der Waals surface area contributed by atoms with E-state index in [4.69, 9.17) is 37.9 Å². The van der Waals surface area contributed by atoms with Gasteiger partial charge in [-0.1, -0.05) is 0 Å². The van der Waals surface area contributed by atoms with Crippen molar-refractivity contribution in [3.8, 4) is 0 Å². The van der Waals surface area contributed by atoms with Crippen LogP contribution in [0.25, 0.3) is 0 Å². The van der Waals surface area contributed by atoms with Gasteiger partial charge in [-0.2, -0.15) is 0 Å². The molecule has 370 valence electrons. The maximum absolute atomic E-state index is 12.7. The Bertz CT molecular complexity index is 1520. The Morgan fingerprint density at radius 2 is 1.25 bits per heavy atom. The lowest BCUT2D eigenvalue weighted by molar-refractivity contribution is -0.376. The summed E-state index contributed by atoms with van der Waals surface area (Å²) in [5.74, 6) is -6.45. The number of amides is 3. The Kier molecular flexibility index (Phi) is 19.8. The Hall–Kier alpha value is -2.96. The number of ether oxygens (including phenoxy) is 8. The molecule has 0 bridgehead atoms. The number of nitrogens with one attached hydrogen (secondary N) is 3. The van der Waals surface area contributed by atoms with E-state index in [1.807, 2.05) is 0 Å². The summed E-state index contributed by atoms with van der Waals surface area (Å²) in [4.78, 5) is 47.5. The highest BCUT2D eigenvalue weighted by Crippen LogP contribution is 2.36. The molecule has 4 aliphatic rings. The van der Waals surface area contributed by atoms with Gasteiger partial charge in [0.1, 0.15) is 91.5 Å². The van der Waals surface area contributed by atoms with Crippen molar-refractivity contribution >= 4 is 24.2 Å². The van der Waals surface area contributed by atoms with Gasteiger partial charge in [0.2, 0.25) is 18.2 Å². The van der Waals surface area contributed by atoms with E-state index in [0.29, 0.717) is 0 Å². The lowest BCUT2D eigenvalue weighted by Gasteiger charge is -2.49. The zero-order chi connectivity index (χ0) is 47.8. The number of carboxylic acid groups (broad SMARTS) is 1. The van der Waals surface area contributed by atoms with Gasteiger partial charge in [0.05, 0.1) is 57.8 Å². The highest BCUT2D eigenvalue weighted by atomic mass is 16.8. The molecule has 0 spiro atoms. The normalized spacial score (nSPS) is 41.9. The molecular formula is C35H59N3O26. The minimum atomic E-state index is -2.93. The fraction of sp³-hybridized carbons (Fsp3) is 0.886. The summed E-state index contributed by atoms with van der Waals surface area (Å²) in [6.45, 7) is -2.97. The predicted octanol–water partition coefficient (Wildman–Crippen LogP) is -11.1. The van der Waals surface area contributed by atoms with Gasteiger partial charge in [0.25, 0.3) is 5.79 Å². The van der Waals surface area contributed by atoms with Gasteiger partial charge in [-0.25, -0.2) is 4.79 Å². The van der Waals surface area contributed by atoms with E-state index in [0.717, 1.165) is 13.8 Å². The summed E-state index contributed by atoms with van der Waals surface area (Å²) < 4.78 is 44.9. The van der Waals surface area contributed by atoms with E-state index in [9.17, 15) is 90.7 Å². The zero-order valence-corrected chi connectivity index (χ0v) is 34.3. The third-order valence-electron chi connectivity index (χ3n) is 10.9. The third-order valence-corrected chi connectivity index (χ3v) is 10.9. The molecule has 22 atom stereocenters. The predicted molar refractivity (Wildman–Crippen MR) is 198 cm³/mol. The molecule has 4 aliphatic heterocycles. The average Bonchev–Trinajstić information content (AvgIpc) is 3.25. The van der Waals surface area contributed by atoms with Gasteiger partial charge in [-0.15, -0.1) is 0 Å². The monoisotopic (exact) mass is 937 g/mol. The third kappa shape index (κ3) is 12.3. The molecule has 17 N–H and O–H groups in total. The van der Waals surface area contributed by atoms with Crippen molar-refractivity contribution in [3.63, 3.8) is 0 Å². The maximum atomic E-state index is 12.7. The van der Waals surface area contributed by atoms with Crippen LogP contribution in [0.3, 0.4) is 0 Å². The van der Waals surface area contributed by atoms with Crippen molar-refractivity contribution in [2.75, 3.05) is 39.6 Å². The number of carboxylic acids is 1. The van der Waals surface area contributed by atoms with Crippen LogP contribution < -0.4 is 16.0 Å². The van der Waals surface area contributed by atoms with E-state index in [2.05, 4.69) is 16.0 Å². The van der Waals surface area contributed by atoms with Crippen LogP contribution in [0.15, 0.2) is 0 Å². The fourth-order valence-electron chi connectivity index (χ4n) is 7.53. The first-order chi connectivity index (χ1) is 30.2. The molecule has 0 aromatic heterocycles. The molecule has 0 radical (unpaired) electrons. The number of aliphatic carboxylic acids is 1. The molecule has 0 saturated carbocycles. The highest BCUT2D eigenvalue weighted by molar-refractivity contribution is 5.76. The lowest BCUT2D eigenvalue weighted by Crippen LogP contribution is -2.69. The van der Waals surface area contributed by atoms with Crippen LogP contribution in [-0.4, -0.2) is 270 Å². The van der Waals surface area contributed by atoms with E-state index in [1.165, 1.54) is 0 Å². The second-order valence-corrected chi connectivity index (χ2v) is 15.6. The van der Waals surface area contributed by atoms with Gasteiger partial charge in [0, 0.05) is 20.3 Å². The highest BCUT2D eigenvalue weighted by Gasteiger charge is 2.58. The Labute approximate surface area is 362 Å². The average molecular weight is 938 g/mol. The molecule has 4 fully saturated rings. The van der Waals surface area contributed by atoms with E-state index in [-0.39, 0.29) is 6.41 Å². The number of carbonyl (C=O) groups excluding carboxylic acids is 3. The summed E-state index contributed by atoms with van der Waals surface area (Å²) in [5.41, 5.74) is 0. The second kappa shape index (κ2) is 23.7. The Morgan fingerprint density at radius 3 is 1.77 bits per heavy atom. The summed E-state index contributed by atoms with van der Waals surface area (Å²) in [6, 6.07) is -4.20. The molecule has 4 saturated heterocycles. The van der Waals surface area contributed by atoms with Crippen LogP contribution in [0, 0.1) is 0 Å². The first-order valence-corrected chi connectivity index (χ1v) is 19.9. The first kappa shape index (κ1) is 53.7. The lowest BCUT2D eigenvalue weighted by atomic mass is 9.88. The van der Waals surface area contributed by atoms with Gasteiger partial charge < -0.3 is 125 Å². The number of hydrogen-bond acceptors (Lipinski definition) is 25. The van der Waals surface area contributed by atoms with Gasteiger partial charge >= 0.3 is 5.97 Å². The standard InChI is InChI=1S/C35H59N3O26/c1-11(44)37-19-14(46)3-35(34(55)56,64-30(19)21(48)15(47)5-40)58-9-18-22(49)23(50)20(38-12(2)45)31(61-18)62-28-17(7-42)60-33(27(54)25(28)52)63-29-16(6-41)59-32(26(53)24(29)51)57-8-13(4-39)36-10-43/h10,13-33,39-42,46-54H,3-9H2,1-2H3,(H,36,43)(H,37,44)(H,38,45)(H,55,56)/t13-,14+,15-,16-,17-,18-,19-,20-,21-,22+,23-,24-,25-,26-,27-,28+,29-,30-,31+,32-,33+,35-/m1/s1. The van der Waals surface area contributed by atoms with E-state index < -0.39 is 198 Å². The topological polar surface area (TPSA) is 461 Å². The van der Waals surface area contributed by atoms with Gasteiger partial charge in [-0.3, -0.25) is 14.4 Å². The van der Waals surface area contributed by atoms with Crippen molar-refractivity contribution in [3.05, 3.63) is 0 Å². The van der Waals surface area contributed by atoms with Crippen LogP contribution >= 0.6 is 0 Å². The first-order valence-electron chi connectivity index (χ1n) is 19.9. The van der Waals surface area contributed by atoms with Crippen molar-refractivity contribution in [2.45, 2.75) is 155 Å². The summed E-state index contributed by atoms with van der Waals surface area (Å²) in [7, 11) is 0. The molecule has 29 nitrogen and oxygen atoms in total. The van der Waals surface area contributed by atoms with Crippen LogP contribution in [0.2, 0.25) is 0 Å². The second-order valence-electron chi connectivity index (χ2n) is 15.6. The van der Waals surface area contributed by atoms with Crippen LogP contribution in [-0.2, 0) is 57.1 Å². The van der Waals surface area contributed by atoms with Crippen molar-refractivity contribution in [1.82, 2.24) is 16.0 Å². The SMILES string of the molecule is CC(=O)N[C@H]1[C@H](O[C@@H]2[C@H](O)[C@@H](O)[C@H](O[C@H]3[C@H](O)[C@@H](O)[C@H](OC[C@@H](CO)NC=O)O[C@@H]3CO)O[C@@H]2CO)O[C@H](CO[C@]2(C(=O)O)C[C@H](O)[C@@H](NC(C)=O)[C@H]([C@H](O)[C@H](O)CO)O2)[C@H](O)[C@@H]1O.